The van der Waals surface area contributed by atoms with E-state index in [1.54, 1.807) is 24.5 Å². The van der Waals surface area contributed by atoms with Crippen molar-refractivity contribution in [3.05, 3.63) is 47.9 Å². The molecule has 0 saturated carbocycles. The Hall–Kier alpha value is -2.76. The van der Waals surface area contributed by atoms with Crippen LogP contribution in [0.5, 0.6) is 0 Å². The van der Waals surface area contributed by atoms with Crippen LogP contribution in [0.1, 0.15) is 35.9 Å². The Bertz CT molecular complexity index is 823. The van der Waals surface area contributed by atoms with E-state index in [2.05, 4.69) is 20.4 Å². The summed E-state index contributed by atoms with van der Waals surface area (Å²) in [6, 6.07) is 7.41. The fourth-order valence-electron chi connectivity index (χ4n) is 2.29. The number of fused-ring (bicyclic) bond motifs is 1. The molecule has 1 amide bonds. The van der Waals surface area contributed by atoms with Crippen LogP contribution in [0, 0.1) is 6.92 Å². The van der Waals surface area contributed by atoms with Crippen molar-refractivity contribution >= 4 is 22.8 Å². The fourth-order valence-corrected chi connectivity index (χ4v) is 2.29. The largest absolute Gasteiger partial charge is 0.307 e. The van der Waals surface area contributed by atoms with Crippen molar-refractivity contribution in [1.29, 1.82) is 0 Å². The highest BCUT2D eigenvalue weighted by molar-refractivity contribution is 6.06. The lowest BCUT2D eigenvalue weighted by atomic mass is 10.1. The third-order valence-corrected chi connectivity index (χ3v) is 3.40. The van der Waals surface area contributed by atoms with Gasteiger partial charge in [-0.05, 0) is 39.0 Å². The van der Waals surface area contributed by atoms with Gasteiger partial charge in [0.05, 0.1) is 17.5 Å². The number of anilines is 1. The van der Waals surface area contributed by atoms with Crippen molar-refractivity contribution in [3.63, 3.8) is 0 Å². The molecule has 0 atom stereocenters. The van der Waals surface area contributed by atoms with Crippen LogP contribution >= 0.6 is 0 Å². The number of rotatable bonds is 3. The number of hydrogen-bond donors (Lipinski definition) is 1. The number of aryl methyl sites for hydroxylation is 1. The summed E-state index contributed by atoms with van der Waals surface area (Å²) in [6.45, 7) is 5.92. The average molecular weight is 295 g/mol. The number of nitrogens with one attached hydrogen (secondary N) is 1. The summed E-state index contributed by atoms with van der Waals surface area (Å²) in [7, 11) is 0. The van der Waals surface area contributed by atoms with Gasteiger partial charge < -0.3 is 5.32 Å². The molecule has 0 aliphatic rings. The molecule has 0 bridgehead atoms. The van der Waals surface area contributed by atoms with Crippen LogP contribution in [-0.4, -0.2) is 25.7 Å². The van der Waals surface area contributed by atoms with E-state index < -0.39 is 0 Å². The van der Waals surface area contributed by atoms with Crippen LogP contribution in [0.15, 0.2) is 36.7 Å². The average Bonchev–Trinajstić information content (AvgIpc) is 2.90. The van der Waals surface area contributed by atoms with Gasteiger partial charge in [0.1, 0.15) is 5.82 Å². The van der Waals surface area contributed by atoms with Gasteiger partial charge in [0.15, 0.2) is 5.65 Å². The second-order valence-corrected chi connectivity index (χ2v) is 5.39. The zero-order valence-corrected chi connectivity index (χ0v) is 12.7. The van der Waals surface area contributed by atoms with E-state index in [-0.39, 0.29) is 11.9 Å². The van der Waals surface area contributed by atoms with E-state index >= 15 is 0 Å². The first kappa shape index (κ1) is 14.2. The molecule has 6 heteroatoms. The first-order valence-electron chi connectivity index (χ1n) is 7.13. The highest BCUT2D eigenvalue weighted by atomic mass is 16.1. The van der Waals surface area contributed by atoms with E-state index in [0.717, 1.165) is 11.0 Å². The number of carbonyl (C=O) groups is 1. The molecule has 0 aliphatic carbocycles. The van der Waals surface area contributed by atoms with E-state index in [9.17, 15) is 4.79 Å². The van der Waals surface area contributed by atoms with Crippen molar-refractivity contribution in [3.8, 4) is 0 Å². The van der Waals surface area contributed by atoms with Gasteiger partial charge >= 0.3 is 0 Å². The summed E-state index contributed by atoms with van der Waals surface area (Å²) in [5, 5.41) is 7.96. The summed E-state index contributed by atoms with van der Waals surface area (Å²) in [4.78, 5) is 21.0. The lowest BCUT2D eigenvalue weighted by molar-refractivity contribution is 0.102. The Balaban J connectivity index is 1.97. The molecule has 0 aliphatic heterocycles. The van der Waals surface area contributed by atoms with E-state index in [0.29, 0.717) is 17.1 Å². The second kappa shape index (κ2) is 5.55. The standard InChI is InChI=1S/C16H17N5O/c1-10(2)21-15-12(9-18-21)8-13(11(3)19-15)16(22)20-14-6-4-5-7-17-14/h4-10H,1-3H3,(H,17,20,22). The molecule has 112 valence electrons. The Kier molecular flexibility index (Phi) is 3.58. The zero-order valence-electron chi connectivity index (χ0n) is 12.7. The molecule has 0 saturated heterocycles. The SMILES string of the molecule is Cc1nc2c(cnn2C(C)C)cc1C(=O)Nc1ccccn1. The van der Waals surface area contributed by atoms with Gasteiger partial charge in [0.25, 0.3) is 5.91 Å². The van der Waals surface area contributed by atoms with Crippen molar-refractivity contribution < 1.29 is 4.79 Å². The monoisotopic (exact) mass is 295 g/mol. The van der Waals surface area contributed by atoms with Gasteiger partial charge in [-0.3, -0.25) is 4.79 Å². The summed E-state index contributed by atoms with van der Waals surface area (Å²) in [5.41, 5.74) is 1.99. The number of hydrogen-bond acceptors (Lipinski definition) is 4. The van der Waals surface area contributed by atoms with Crippen LogP contribution < -0.4 is 5.32 Å². The van der Waals surface area contributed by atoms with Gasteiger partial charge in [-0.1, -0.05) is 6.07 Å². The highest BCUT2D eigenvalue weighted by Gasteiger charge is 2.15. The Morgan fingerprint density at radius 2 is 2.14 bits per heavy atom. The van der Waals surface area contributed by atoms with Crippen LogP contribution in [-0.2, 0) is 0 Å². The summed E-state index contributed by atoms with van der Waals surface area (Å²) >= 11 is 0. The molecule has 0 aromatic carbocycles. The summed E-state index contributed by atoms with van der Waals surface area (Å²) in [5.74, 6) is 0.299. The van der Waals surface area contributed by atoms with Crippen molar-refractivity contribution in [1.82, 2.24) is 19.7 Å². The molecule has 6 nitrogen and oxygen atoms in total. The maximum absolute atomic E-state index is 12.4. The van der Waals surface area contributed by atoms with Crippen LogP contribution in [0.3, 0.4) is 0 Å². The number of carbonyl (C=O) groups excluding carboxylic acids is 1. The van der Waals surface area contributed by atoms with E-state index in [4.69, 9.17) is 0 Å². The lowest BCUT2D eigenvalue weighted by Gasteiger charge is -2.09. The smallest absolute Gasteiger partial charge is 0.258 e. The van der Waals surface area contributed by atoms with Gasteiger partial charge in [-0.15, -0.1) is 0 Å². The number of pyridine rings is 2. The van der Waals surface area contributed by atoms with Crippen molar-refractivity contribution in [2.24, 2.45) is 0 Å². The summed E-state index contributed by atoms with van der Waals surface area (Å²) in [6.07, 6.45) is 3.37. The molecule has 1 N–H and O–H groups in total. The van der Waals surface area contributed by atoms with Crippen molar-refractivity contribution in [2.45, 2.75) is 26.8 Å². The minimum absolute atomic E-state index is 0.220. The van der Waals surface area contributed by atoms with Gasteiger partial charge in [0.2, 0.25) is 0 Å². The van der Waals surface area contributed by atoms with E-state index in [1.165, 1.54) is 0 Å². The molecule has 3 rings (SSSR count). The minimum atomic E-state index is -0.220. The molecule has 3 aromatic heterocycles. The molecule has 0 unspecified atom stereocenters. The fraction of sp³-hybridized carbons (Fsp3) is 0.250. The van der Waals surface area contributed by atoms with Crippen molar-refractivity contribution in [2.75, 3.05) is 5.32 Å². The third-order valence-electron chi connectivity index (χ3n) is 3.40. The van der Waals surface area contributed by atoms with E-state index in [1.807, 2.05) is 37.6 Å². The zero-order chi connectivity index (χ0) is 15.7. The lowest BCUT2D eigenvalue weighted by Crippen LogP contribution is -2.15. The van der Waals surface area contributed by atoms with Gasteiger partial charge in [-0.2, -0.15) is 5.10 Å². The molecule has 0 spiro atoms. The quantitative estimate of drug-likeness (QED) is 0.806. The maximum atomic E-state index is 12.4. The van der Waals surface area contributed by atoms with Crippen LogP contribution in [0.4, 0.5) is 5.82 Å². The Morgan fingerprint density at radius 1 is 1.32 bits per heavy atom. The number of amides is 1. The highest BCUT2D eigenvalue weighted by Crippen LogP contribution is 2.20. The normalized spacial score (nSPS) is 11.1. The Labute approximate surface area is 128 Å². The van der Waals surface area contributed by atoms with Gasteiger partial charge in [-0.25, -0.2) is 14.6 Å². The number of aromatic nitrogens is 4. The molecule has 0 fully saturated rings. The topological polar surface area (TPSA) is 72.7 Å². The molecular weight excluding hydrogens is 278 g/mol. The maximum Gasteiger partial charge on any atom is 0.258 e. The minimum Gasteiger partial charge on any atom is -0.307 e. The van der Waals surface area contributed by atoms with Crippen LogP contribution in [0.25, 0.3) is 11.0 Å². The second-order valence-electron chi connectivity index (χ2n) is 5.39. The molecule has 3 aromatic rings. The third kappa shape index (κ3) is 2.55. The Morgan fingerprint density at radius 3 is 2.82 bits per heavy atom. The van der Waals surface area contributed by atoms with Crippen LogP contribution in [0.2, 0.25) is 0 Å². The predicted octanol–water partition coefficient (Wildman–Crippen LogP) is 2.97. The first-order valence-corrected chi connectivity index (χ1v) is 7.13. The van der Waals surface area contributed by atoms with Gasteiger partial charge in [0, 0.05) is 17.6 Å². The number of nitrogens with zero attached hydrogens (tertiary/aromatic N) is 4. The predicted molar refractivity (Wildman–Crippen MR) is 84.8 cm³/mol. The summed E-state index contributed by atoms with van der Waals surface area (Å²) < 4.78 is 1.85. The molecular formula is C16H17N5O. The first-order chi connectivity index (χ1) is 10.6. The molecule has 0 radical (unpaired) electrons. The molecule has 22 heavy (non-hydrogen) atoms. The molecule has 3 heterocycles.